The molecule has 111 heavy (non-hydrogen) atoms. The van der Waals surface area contributed by atoms with Gasteiger partial charge in [-0.25, -0.2) is 0 Å². The molecule has 1 aliphatic rings. The molecular formula is C86H83F21O4. The smallest absolute Gasteiger partial charge is 0.122 e. The Kier molecular flexibility index (Phi) is 39.8. The van der Waals surface area contributed by atoms with E-state index in [9.17, 15) is 20.4 Å². The fraction of sp³-hybridized carbons (Fsp3) is 0.209. The van der Waals surface area contributed by atoms with Gasteiger partial charge in [0, 0.05) is 135 Å². The molecule has 0 aromatic heterocycles. The number of phenols is 4. The van der Waals surface area contributed by atoms with E-state index in [1.54, 1.807) is 24.3 Å². The summed E-state index contributed by atoms with van der Waals surface area (Å²) in [6.07, 6.45) is 0. The third-order valence-corrected chi connectivity index (χ3v) is 20.8. The van der Waals surface area contributed by atoms with Crippen LogP contribution in [0.2, 0.25) is 0 Å². The molecule has 1 aliphatic carbocycles. The Bertz CT molecular complexity index is 4600. The minimum Gasteiger partial charge on any atom is -0.508 e. The van der Waals surface area contributed by atoms with Gasteiger partial charge in [0.1, 0.15) is 23.0 Å². The zero-order valence-electron chi connectivity index (χ0n) is 62.0. The molecule has 12 aromatic carbocycles. The van der Waals surface area contributed by atoms with Crippen LogP contribution in [0, 0.1) is 13.8 Å². The molecule has 598 valence electrons. The first-order valence-corrected chi connectivity index (χ1v) is 33.0. The molecule has 0 amide bonds. The first kappa shape index (κ1) is 97.9. The number of halogens is 21. The molecule has 0 aliphatic heterocycles. The van der Waals surface area contributed by atoms with Crippen LogP contribution in [0.1, 0.15) is 158 Å². The Labute approximate surface area is 629 Å². The van der Waals surface area contributed by atoms with Gasteiger partial charge in [0.2, 0.25) is 0 Å². The Morgan fingerprint density at radius 2 is 0.505 bits per heavy atom. The van der Waals surface area contributed by atoms with E-state index in [0.717, 1.165) is 50.1 Å². The Morgan fingerprint density at radius 3 is 0.829 bits per heavy atom. The van der Waals surface area contributed by atoms with Crippen LogP contribution >= 0.6 is 0 Å². The van der Waals surface area contributed by atoms with Crippen molar-refractivity contribution in [3.8, 4) is 34.1 Å². The van der Waals surface area contributed by atoms with Gasteiger partial charge in [0.25, 0.3) is 0 Å². The summed E-state index contributed by atoms with van der Waals surface area (Å²) in [4.78, 5) is 0. The van der Waals surface area contributed by atoms with Crippen molar-refractivity contribution >= 4 is 21.5 Å². The summed E-state index contributed by atoms with van der Waals surface area (Å²) in [6.45, 7) is 26.5. The maximum atomic E-state index is 12.1. The molecule has 0 radical (unpaired) electrons. The van der Waals surface area contributed by atoms with E-state index < -0.39 is 10.8 Å². The summed E-state index contributed by atoms with van der Waals surface area (Å²) in [6, 6.07) is 89.0. The highest BCUT2D eigenvalue weighted by Gasteiger charge is 2.44. The van der Waals surface area contributed by atoms with Gasteiger partial charge in [-0.05, 0) is 175 Å². The van der Waals surface area contributed by atoms with Crippen LogP contribution in [0.25, 0.3) is 32.7 Å². The highest BCUT2D eigenvalue weighted by molar-refractivity contribution is 5.93. The second-order valence-corrected chi connectivity index (χ2v) is 27.5. The summed E-state index contributed by atoms with van der Waals surface area (Å²) in [5, 5.41) is 48.0. The zero-order valence-corrected chi connectivity index (χ0v) is 62.0. The predicted molar refractivity (Wildman–Crippen MR) is 399 cm³/mol. The topological polar surface area (TPSA) is 80.9 Å². The number of hydrogen-bond acceptors (Lipinski definition) is 4. The number of benzene rings is 12. The minimum absolute atomic E-state index is 0. The Hall–Kier alpha value is -11.1. The largest absolute Gasteiger partial charge is 0.508 e. The molecule has 0 saturated carbocycles. The van der Waals surface area contributed by atoms with Gasteiger partial charge in [0.15, 0.2) is 0 Å². The van der Waals surface area contributed by atoms with Gasteiger partial charge in [-0.1, -0.05) is 274 Å². The van der Waals surface area contributed by atoms with Crippen molar-refractivity contribution in [3.05, 3.63) is 344 Å². The van der Waals surface area contributed by atoms with Gasteiger partial charge in [-0.15, -0.1) is 0 Å². The summed E-state index contributed by atoms with van der Waals surface area (Å²) < 4.78 is 160. The van der Waals surface area contributed by atoms with E-state index in [0.29, 0.717) is 11.5 Å². The molecule has 13 rings (SSSR count). The molecule has 4 N–H and O–H groups in total. The lowest BCUT2D eigenvalue weighted by atomic mass is 9.66. The maximum absolute atomic E-state index is 12.1. The number of hydrogen-bond donors (Lipinski definition) is 4. The third-order valence-electron chi connectivity index (χ3n) is 20.8. The molecule has 0 spiro atoms. The standard InChI is InChI=1S/C47H44O2.C39H38O2.10F2.FH/c1-31-29-37(46(4,5)35-23-21-34(22-24-35)45(2,3)36-25-27-38(48)28-26-36)30-43(44(31)49)47(6,41-19-11-15-32-13-7-9-17-39(32)41)42-20-12-16-33-14-8-10-18-40(33)42;1-25-23-29(38(4,5)27-17-15-26(16-18-27)37(2,3)28-19-21-30(40)22-20-28)24-35(36(25)41)39(6)33-13-9-7-11-31(33)32-12-8-10-14-34(32)39;10*1-2;/h7-30,48-49H,1-6H3;7-24,40-41H,1-6H3;;;;;;;;;;;1H. The fourth-order valence-electron chi connectivity index (χ4n) is 14.6. The fourth-order valence-corrected chi connectivity index (χ4v) is 14.6. The Morgan fingerprint density at radius 1 is 0.252 bits per heavy atom. The summed E-state index contributed by atoms with van der Waals surface area (Å²) in [7, 11) is 0. The lowest BCUT2D eigenvalue weighted by molar-refractivity contribution is 0.108. The maximum Gasteiger partial charge on any atom is 0.122 e. The number of rotatable bonds is 12. The number of phenolic OH excluding ortho intramolecular Hbond substituents is 4. The van der Waals surface area contributed by atoms with Crippen LogP contribution in [-0.2, 0) is 32.5 Å². The molecule has 0 bridgehead atoms. The van der Waals surface area contributed by atoms with Crippen LogP contribution < -0.4 is 0 Å². The van der Waals surface area contributed by atoms with E-state index in [1.807, 2.05) is 38.1 Å². The third kappa shape index (κ3) is 20.5. The van der Waals surface area contributed by atoms with Gasteiger partial charge >= 0.3 is 0 Å². The zero-order chi connectivity index (χ0) is 83.7. The highest BCUT2D eigenvalue weighted by Crippen LogP contribution is 2.56. The van der Waals surface area contributed by atoms with Crippen LogP contribution in [0.4, 0.5) is 96.2 Å². The lowest BCUT2D eigenvalue weighted by Gasteiger charge is -2.37. The molecular weight excluding hydrogens is 1500 g/mol. The van der Waals surface area contributed by atoms with Crippen molar-refractivity contribution in [1.82, 2.24) is 0 Å². The Balaban J connectivity index is 0.000000908. The molecule has 0 heterocycles. The van der Waals surface area contributed by atoms with E-state index in [4.69, 9.17) is 91.5 Å². The van der Waals surface area contributed by atoms with Crippen molar-refractivity contribution in [3.63, 3.8) is 0 Å². The summed E-state index contributed by atoms with van der Waals surface area (Å²) in [5.41, 5.74) is 18.1. The van der Waals surface area contributed by atoms with Crippen LogP contribution in [0.15, 0.2) is 255 Å². The first-order valence-electron chi connectivity index (χ1n) is 33.0. The minimum atomic E-state index is -0.680. The molecule has 25 heteroatoms. The predicted octanol–water partition coefficient (Wildman–Crippen LogP) is 29.7. The van der Waals surface area contributed by atoms with Crippen LogP contribution in [0.3, 0.4) is 0 Å². The molecule has 0 saturated heterocycles. The van der Waals surface area contributed by atoms with Crippen molar-refractivity contribution in [2.45, 2.75) is 116 Å². The van der Waals surface area contributed by atoms with Crippen molar-refractivity contribution in [1.29, 1.82) is 0 Å². The van der Waals surface area contributed by atoms with Crippen LogP contribution in [0.5, 0.6) is 23.0 Å². The van der Waals surface area contributed by atoms with E-state index >= 15 is 0 Å². The van der Waals surface area contributed by atoms with E-state index in [-0.39, 0.29) is 37.9 Å². The van der Waals surface area contributed by atoms with Gasteiger partial charge in [-0.3, -0.25) is 4.70 Å². The van der Waals surface area contributed by atoms with Gasteiger partial charge in [0.05, 0.1) is 0 Å². The molecule has 0 fully saturated rings. The first-order chi connectivity index (χ1) is 52.9. The molecule has 12 aromatic rings. The van der Waals surface area contributed by atoms with E-state index in [1.165, 1.54) is 71.6 Å². The van der Waals surface area contributed by atoms with Crippen molar-refractivity contribution < 1.29 is 117 Å². The second-order valence-electron chi connectivity index (χ2n) is 27.5. The lowest BCUT2D eigenvalue weighted by Crippen LogP contribution is -2.28. The molecule has 4 nitrogen and oxygen atoms in total. The summed E-state index contributed by atoms with van der Waals surface area (Å²) in [5.74, 6) is 1.25. The quantitative estimate of drug-likeness (QED) is 0.0726. The molecule has 0 unspecified atom stereocenters. The average molecular weight is 1580 g/mol. The number of fused-ring (bicyclic) bond motifs is 5. The van der Waals surface area contributed by atoms with Crippen molar-refractivity contribution in [2.24, 2.45) is 0 Å². The molecule has 0 atom stereocenters. The average Bonchev–Trinajstić information content (AvgIpc) is 1.66. The SMILES string of the molecule is Cc1cc(C(C)(C)c2ccc(C(C)(C)c3ccc(O)cc3)cc2)cc(C(C)(c2cccc3ccccc23)c2cccc3ccccc23)c1O.Cc1cc(C(C)(C)c2ccc(C(C)(C)c3ccc(O)cc3)cc2)cc(C2(C)c3ccccc3-c3ccccc32)c1O.F.FF.FF.FF.FF.FF.FF.FF.FF.FF.FF. The van der Waals surface area contributed by atoms with Gasteiger partial charge in [-0.2, -0.15) is 0 Å². The van der Waals surface area contributed by atoms with Crippen molar-refractivity contribution in [2.75, 3.05) is 0 Å². The monoisotopic (exact) mass is 1580 g/mol. The second kappa shape index (κ2) is 45.1. The van der Waals surface area contributed by atoms with E-state index in [2.05, 4.69) is 275 Å². The normalized spacial score (nSPS) is 11.2. The number of aryl methyl sites for hydroxylation is 2. The van der Waals surface area contributed by atoms with Gasteiger partial charge < -0.3 is 20.4 Å². The van der Waals surface area contributed by atoms with Crippen LogP contribution in [-0.4, -0.2) is 20.4 Å². The number of aromatic hydroxyl groups is 4. The summed E-state index contributed by atoms with van der Waals surface area (Å²) >= 11 is 0. The highest BCUT2D eigenvalue weighted by atomic mass is 20.0.